The van der Waals surface area contributed by atoms with Crippen molar-refractivity contribution in [1.82, 2.24) is 4.72 Å². The molecule has 0 fully saturated rings. The van der Waals surface area contributed by atoms with E-state index in [1.807, 2.05) is 30.3 Å². The second-order valence-electron chi connectivity index (χ2n) is 6.42. The molecule has 0 aromatic heterocycles. The van der Waals surface area contributed by atoms with Crippen LogP contribution in [0.5, 0.6) is 0 Å². The highest BCUT2D eigenvalue weighted by Gasteiger charge is 2.26. The molecule has 0 radical (unpaired) electrons. The van der Waals surface area contributed by atoms with Gasteiger partial charge in [0.05, 0.1) is 12.0 Å². The van der Waals surface area contributed by atoms with Crippen LogP contribution in [-0.4, -0.2) is 27.5 Å². The molecule has 1 atom stereocenters. The molecule has 0 amide bonds. The SMILES string of the molecule is COC(=O)C(Cc1ccc(F)cc1)NS(=O)(=O)c1ccc(-c2ccccc2)cc1. The van der Waals surface area contributed by atoms with E-state index in [9.17, 15) is 17.6 Å². The van der Waals surface area contributed by atoms with E-state index in [1.54, 1.807) is 12.1 Å². The summed E-state index contributed by atoms with van der Waals surface area (Å²) in [5.41, 5.74) is 2.44. The lowest BCUT2D eigenvalue weighted by molar-refractivity contribution is -0.142. The van der Waals surface area contributed by atoms with E-state index in [2.05, 4.69) is 4.72 Å². The molecular weight excluding hydrogens is 393 g/mol. The van der Waals surface area contributed by atoms with Crippen LogP contribution in [0.2, 0.25) is 0 Å². The van der Waals surface area contributed by atoms with Crippen molar-refractivity contribution in [3.63, 3.8) is 0 Å². The van der Waals surface area contributed by atoms with Gasteiger partial charge in [-0.2, -0.15) is 4.72 Å². The summed E-state index contributed by atoms with van der Waals surface area (Å²) in [5.74, 6) is -1.14. The van der Waals surface area contributed by atoms with E-state index in [0.29, 0.717) is 5.56 Å². The number of benzene rings is 3. The summed E-state index contributed by atoms with van der Waals surface area (Å²) in [6, 6.07) is 20.3. The van der Waals surface area contributed by atoms with Crippen LogP contribution in [0.15, 0.2) is 83.8 Å². The quantitative estimate of drug-likeness (QED) is 0.601. The third-order valence-corrected chi connectivity index (χ3v) is 5.90. The minimum Gasteiger partial charge on any atom is -0.468 e. The Morgan fingerprint density at radius 1 is 0.931 bits per heavy atom. The molecule has 1 N–H and O–H groups in total. The average Bonchev–Trinajstić information content (AvgIpc) is 2.75. The fraction of sp³-hybridized carbons (Fsp3) is 0.136. The van der Waals surface area contributed by atoms with Gasteiger partial charge in [-0.25, -0.2) is 12.8 Å². The van der Waals surface area contributed by atoms with Crippen LogP contribution >= 0.6 is 0 Å². The lowest BCUT2D eigenvalue weighted by Crippen LogP contribution is -2.42. The number of ether oxygens (including phenoxy) is 1. The molecule has 29 heavy (non-hydrogen) atoms. The first-order chi connectivity index (χ1) is 13.9. The van der Waals surface area contributed by atoms with Gasteiger partial charge in [-0.1, -0.05) is 54.6 Å². The molecule has 1 unspecified atom stereocenters. The zero-order chi connectivity index (χ0) is 20.9. The van der Waals surface area contributed by atoms with Crippen LogP contribution in [0.25, 0.3) is 11.1 Å². The fourth-order valence-corrected chi connectivity index (χ4v) is 4.07. The van der Waals surface area contributed by atoms with Gasteiger partial charge in [-0.3, -0.25) is 4.79 Å². The van der Waals surface area contributed by atoms with Crippen molar-refractivity contribution in [3.8, 4) is 11.1 Å². The normalized spacial score (nSPS) is 12.3. The maximum absolute atomic E-state index is 13.1. The third-order valence-electron chi connectivity index (χ3n) is 4.41. The summed E-state index contributed by atoms with van der Waals surface area (Å²) >= 11 is 0. The Bertz CT molecular complexity index is 1070. The van der Waals surface area contributed by atoms with Crippen LogP contribution in [0.4, 0.5) is 4.39 Å². The van der Waals surface area contributed by atoms with E-state index in [4.69, 9.17) is 4.74 Å². The fourth-order valence-electron chi connectivity index (χ4n) is 2.88. The van der Waals surface area contributed by atoms with Crippen LogP contribution < -0.4 is 4.72 Å². The molecule has 0 saturated carbocycles. The van der Waals surface area contributed by atoms with E-state index in [0.717, 1.165) is 11.1 Å². The molecule has 0 aliphatic carbocycles. The highest BCUT2D eigenvalue weighted by Crippen LogP contribution is 2.21. The van der Waals surface area contributed by atoms with Crippen LogP contribution in [-0.2, 0) is 26.0 Å². The predicted octanol–water partition coefficient (Wildman–Crippen LogP) is 3.56. The highest BCUT2D eigenvalue weighted by molar-refractivity contribution is 7.89. The Morgan fingerprint density at radius 2 is 1.52 bits per heavy atom. The van der Waals surface area contributed by atoms with E-state index < -0.39 is 27.9 Å². The summed E-state index contributed by atoms with van der Waals surface area (Å²) in [5, 5.41) is 0. The Kier molecular flexibility index (Phi) is 6.41. The van der Waals surface area contributed by atoms with E-state index >= 15 is 0 Å². The molecule has 3 aromatic rings. The van der Waals surface area contributed by atoms with Crippen LogP contribution in [0.3, 0.4) is 0 Å². The van der Waals surface area contributed by atoms with Gasteiger partial charge in [0.25, 0.3) is 0 Å². The van der Waals surface area contributed by atoms with Crippen LogP contribution in [0.1, 0.15) is 5.56 Å². The first-order valence-electron chi connectivity index (χ1n) is 8.89. The van der Waals surface area contributed by atoms with Crippen molar-refractivity contribution in [2.45, 2.75) is 17.4 Å². The molecule has 5 nitrogen and oxygen atoms in total. The molecule has 3 aromatic carbocycles. The monoisotopic (exact) mass is 413 g/mol. The summed E-state index contributed by atoms with van der Waals surface area (Å²) in [4.78, 5) is 12.1. The van der Waals surface area contributed by atoms with Gasteiger partial charge in [0.15, 0.2) is 0 Å². The summed E-state index contributed by atoms with van der Waals surface area (Å²) in [6.07, 6.45) is 0.0360. The lowest BCUT2D eigenvalue weighted by Gasteiger charge is -2.17. The molecule has 0 saturated heterocycles. The molecule has 3 rings (SSSR count). The zero-order valence-corrected chi connectivity index (χ0v) is 16.5. The Morgan fingerprint density at radius 3 is 2.10 bits per heavy atom. The van der Waals surface area contributed by atoms with Gasteiger partial charge in [0, 0.05) is 0 Å². The molecule has 0 aliphatic heterocycles. The Labute approximate surface area is 169 Å². The maximum atomic E-state index is 13.1. The van der Waals surface area contributed by atoms with E-state index in [1.165, 1.54) is 43.5 Å². The van der Waals surface area contributed by atoms with Gasteiger partial charge < -0.3 is 4.74 Å². The zero-order valence-electron chi connectivity index (χ0n) is 15.7. The van der Waals surface area contributed by atoms with Crippen LogP contribution in [0, 0.1) is 5.82 Å². The molecule has 0 aliphatic rings. The average molecular weight is 413 g/mol. The van der Waals surface area contributed by atoms with Gasteiger partial charge in [-0.05, 0) is 47.4 Å². The first kappa shape index (κ1) is 20.7. The second kappa shape index (κ2) is 8.98. The Balaban J connectivity index is 1.80. The minimum atomic E-state index is -3.97. The molecule has 0 heterocycles. The number of rotatable bonds is 7. The smallest absolute Gasteiger partial charge is 0.324 e. The number of hydrogen-bond acceptors (Lipinski definition) is 4. The molecule has 0 spiro atoms. The minimum absolute atomic E-state index is 0.0326. The van der Waals surface area contributed by atoms with Crippen molar-refractivity contribution < 1.29 is 22.3 Å². The molecule has 7 heteroatoms. The van der Waals surface area contributed by atoms with Gasteiger partial charge in [0.1, 0.15) is 11.9 Å². The highest BCUT2D eigenvalue weighted by atomic mass is 32.2. The number of sulfonamides is 1. The predicted molar refractivity (Wildman–Crippen MR) is 108 cm³/mol. The number of methoxy groups -OCH3 is 1. The summed E-state index contributed by atoms with van der Waals surface area (Å²) in [6.45, 7) is 0. The largest absolute Gasteiger partial charge is 0.468 e. The number of carbonyl (C=O) groups is 1. The number of hydrogen-bond donors (Lipinski definition) is 1. The van der Waals surface area contributed by atoms with Gasteiger partial charge >= 0.3 is 5.97 Å². The number of esters is 1. The summed E-state index contributed by atoms with van der Waals surface area (Å²) < 4.78 is 45.8. The molecule has 150 valence electrons. The van der Waals surface area contributed by atoms with Crippen molar-refractivity contribution in [2.75, 3.05) is 7.11 Å². The van der Waals surface area contributed by atoms with Crippen molar-refractivity contribution in [2.24, 2.45) is 0 Å². The van der Waals surface area contributed by atoms with Crippen molar-refractivity contribution >= 4 is 16.0 Å². The third kappa shape index (κ3) is 5.28. The second-order valence-corrected chi connectivity index (χ2v) is 8.13. The van der Waals surface area contributed by atoms with Crippen molar-refractivity contribution in [1.29, 1.82) is 0 Å². The number of nitrogens with one attached hydrogen (secondary N) is 1. The topological polar surface area (TPSA) is 72.5 Å². The van der Waals surface area contributed by atoms with Gasteiger partial charge in [-0.15, -0.1) is 0 Å². The van der Waals surface area contributed by atoms with Crippen molar-refractivity contribution in [3.05, 3.63) is 90.2 Å². The number of halogens is 1. The first-order valence-corrected chi connectivity index (χ1v) is 10.4. The number of carbonyl (C=O) groups excluding carboxylic acids is 1. The van der Waals surface area contributed by atoms with E-state index in [-0.39, 0.29) is 11.3 Å². The molecule has 0 bridgehead atoms. The maximum Gasteiger partial charge on any atom is 0.324 e. The standard InChI is InChI=1S/C22H20FNO4S/c1-28-22(25)21(15-16-7-11-19(23)12-8-16)24-29(26,27)20-13-9-18(10-14-20)17-5-3-2-4-6-17/h2-14,21,24H,15H2,1H3. The van der Waals surface area contributed by atoms with Gasteiger partial charge in [0.2, 0.25) is 10.0 Å². The lowest BCUT2D eigenvalue weighted by atomic mass is 10.1. The molecular formula is C22H20FNO4S. The summed E-state index contributed by atoms with van der Waals surface area (Å²) in [7, 11) is -2.78. The Hall–Kier alpha value is -3.03.